The average molecular weight is 584 g/mol. The van der Waals surface area contributed by atoms with Crippen LogP contribution in [0.1, 0.15) is 28.1 Å². The number of rotatable bonds is 8. The highest BCUT2D eigenvalue weighted by Crippen LogP contribution is 2.29. The summed E-state index contributed by atoms with van der Waals surface area (Å²) in [6, 6.07) is 20.8. The molecule has 10 heteroatoms. The van der Waals surface area contributed by atoms with Crippen LogP contribution < -0.4 is 9.73 Å². The Hall–Kier alpha value is -3.59. The molecule has 0 radical (unpaired) electrons. The zero-order valence-electron chi connectivity index (χ0n) is 21.9. The van der Waals surface area contributed by atoms with E-state index in [9.17, 15) is 13.2 Å². The van der Waals surface area contributed by atoms with Crippen LogP contribution in [-0.2, 0) is 14.8 Å². The maximum absolute atomic E-state index is 13.6. The average Bonchev–Trinajstić information content (AvgIpc) is 3.17. The highest BCUT2D eigenvalue weighted by molar-refractivity contribution is 7.92. The molecule has 0 aliphatic carbocycles. The minimum Gasteiger partial charge on any atom is -0.318 e. The first-order valence-electron chi connectivity index (χ1n) is 12.1. The number of hydrogen-bond donors (Lipinski definition) is 1. The molecule has 0 spiro atoms. The Morgan fingerprint density at radius 1 is 0.923 bits per heavy atom. The number of hydrazone groups is 1. The van der Waals surface area contributed by atoms with Gasteiger partial charge in [-0.2, -0.15) is 5.10 Å². The summed E-state index contributed by atoms with van der Waals surface area (Å²) >= 11 is 12.2. The predicted octanol–water partition coefficient (Wildman–Crippen LogP) is 6.36. The summed E-state index contributed by atoms with van der Waals surface area (Å²) in [5.41, 5.74) is 8.01. The molecule has 0 saturated heterocycles. The molecule has 0 atom stereocenters. The number of carbonyl (C=O) groups excluding carboxylic acids is 1. The highest BCUT2D eigenvalue weighted by atomic mass is 35.5. The molecule has 202 valence electrons. The number of halogens is 2. The number of benzene rings is 3. The zero-order valence-corrected chi connectivity index (χ0v) is 24.3. The molecule has 1 N–H and O–H groups in total. The molecule has 0 saturated carbocycles. The molecule has 1 aromatic heterocycles. The lowest BCUT2D eigenvalue weighted by molar-refractivity contribution is -0.119. The van der Waals surface area contributed by atoms with Gasteiger partial charge in [0.05, 0.1) is 16.8 Å². The second kappa shape index (κ2) is 11.7. The number of anilines is 1. The molecule has 0 fully saturated rings. The van der Waals surface area contributed by atoms with Crippen molar-refractivity contribution in [3.63, 3.8) is 0 Å². The normalized spacial score (nSPS) is 11.6. The van der Waals surface area contributed by atoms with Gasteiger partial charge in [-0.05, 0) is 87.9 Å². The van der Waals surface area contributed by atoms with Crippen LogP contribution in [0, 0.1) is 27.7 Å². The van der Waals surface area contributed by atoms with Crippen molar-refractivity contribution in [1.82, 2.24) is 9.99 Å². The van der Waals surface area contributed by atoms with E-state index in [4.69, 9.17) is 23.2 Å². The number of sulfonamides is 1. The van der Waals surface area contributed by atoms with E-state index in [1.807, 2.05) is 51.1 Å². The van der Waals surface area contributed by atoms with Crippen molar-refractivity contribution in [2.45, 2.75) is 32.6 Å². The molecule has 0 aliphatic heterocycles. The summed E-state index contributed by atoms with van der Waals surface area (Å²) in [4.78, 5) is 13.0. The second-order valence-corrected chi connectivity index (χ2v) is 11.9. The van der Waals surface area contributed by atoms with Crippen molar-refractivity contribution >= 4 is 51.0 Å². The van der Waals surface area contributed by atoms with E-state index in [2.05, 4.69) is 15.1 Å². The molecule has 0 aliphatic rings. The van der Waals surface area contributed by atoms with E-state index in [1.54, 1.807) is 31.2 Å². The van der Waals surface area contributed by atoms with E-state index in [0.29, 0.717) is 21.3 Å². The molecule has 0 bridgehead atoms. The Morgan fingerprint density at radius 3 is 2.23 bits per heavy atom. The summed E-state index contributed by atoms with van der Waals surface area (Å²) in [7, 11) is -4.08. The van der Waals surface area contributed by atoms with Crippen molar-refractivity contribution in [3.05, 3.63) is 111 Å². The molecule has 0 unspecified atom stereocenters. The SMILES string of the molecule is Cc1ccc(S(=O)(=O)N(CC(=O)N/N=C\c2cc(C)n(-c3ccc(Cl)cc3)c2C)c2cc(Cl)ccc2C)cc1. The summed E-state index contributed by atoms with van der Waals surface area (Å²) < 4.78 is 30.4. The lowest BCUT2D eigenvalue weighted by Crippen LogP contribution is -2.40. The topological polar surface area (TPSA) is 83.8 Å². The molecule has 7 nitrogen and oxygen atoms in total. The Labute approximate surface area is 238 Å². The van der Waals surface area contributed by atoms with E-state index >= 15 is 0 Å². The van der Waals surface area contributed by atoms with Crippen molar-refractivity contribution in [3.8, 4) is 5.69 Å². The molecular formula is C29H28Cl2N4O3S. The number of carbonyl (C=O) groups is 1. The number of nitrogens with one attached hydrogen (secondary N) is 1. The predicted molar refractivity (Wildman–Crippen MR) is 158 cm³/mol. The molecule has 1 amide bonds. The first kappa shape index (κ1) is 28.4. The van der Waals surface area contributed by atoms with Crippen LogP contribution in [0.5, 0.6) is 0 Å². The van der Waals surface area contributed by atoms with Gasteiger partial charge in [0.15, 0.2) is 0 Å². The third-order valence-electron chi connectivity index (χ3n) is 6.28. The van der Waals surface area contributed by atoms with Gasteiger partial charge >= 0.3 is 0 Å². The van der Waals surface area contributed by atoms with Gasteiger partial charge in [0, 0.05) is 32.7 Å². The van der Waals surface area contributed by atoms with Crippen LogP contribution in [0.2, 0.25) is 10.0 Å². The maximum atomic E-state index is 13.6. The Morgan fingerprint density at radius 2 is 1.56 bits per heavy atom. The summed E-state index contributed by atoms with van der Waals surface area (Å²) in [6.45, 7) is 7.06. The van der Waals surface area contributed by atoms with Gasteiger partial charge in [0.25, 0.3) is 15.9 Å². The number of hydrogen-bond acceptors (Lipinski definition) is 4. The fraction of sp³-hybridized carbons (Fsp3) is 0.172. The molecule has 39 heavy (non-hydrogen) atoms. The van der Waals surface area contributed by atoms with Gasteiger partial charge in [-0.15, -0.1) is 0 Å². The van der Waals surface area contributed by atoms with Crippen LogP contribution in [0.4, 0.5) is 5.69 Å². The van der Waals surface area contributed by atoms with Crippen molar-refractivity contribution < 1.29 is 13.2 Å². The zero-order chi connectivity index (χ0) is 28.3. The molecule has 4 aromatic rings. The van der Waals surface area contributed by atoms with E-state index in [-0.39, 0.29) is 4.90 Å². The van der Waals surface area contributed by atoms with E-state index in [1.165, 1.54) is 24.4 Å². The van der Waals surface area contributed by atoms with Gasteiger partial charge in [-0.25, -0.2) is 13.8 Å². The van der Waals surface area contributed by atoms with Crippen molar-refractivity contribution in [2.24, 2.45) is 5.10 Å². The van der Waals surface area contributed by atoms with Crippen LogP contribution in [0.15, 0.2) is 82.8 Å². The minimum absolute atomic E-state index is 0.0680. The quantitative estimate of drug-likeness (QED) is 0.194. The van der Waals surface area contributed by atoms with Gasteiger partial charge in [-0.1, -0.05) is 47.0 Å². The largest absolute Gasteiger partial charge is 0.318 e. The third-order valence-corrected chi connectivity index (χ3v) is 8.55. The fourth-order valence-electron chi connectivity index (χ4n) is 4.23. The lowest BCUT2D eigenvalue weighted by Gasteiger charge is -2.25. The number of aryl methyl sites for hydroxylation is 3. The Kier molecular flexibility index (Phi) is 8.49. The molecule has 1 heterocycles. The standard InChI is InChI=1S/C29H28Cl2N4O3S/c1-19-5-13-27(14-6-19)39(37,38)34(28-16-25(31)8-7-20(28)2)18-29(36)33-32-17-23-15-21(3)35(22(23)4)26-11-9-24(30)10-12-26/h5-17H,18H2,1-4H3,(H,33,36)/b32-17-. The first-order chi connectivity index (χ1) is 18.5. The monoisotopic (exact) mass is 582 g/mol. The summed E-state index contributed by atoms with van der Waals surface area (Å²) in [5.74, 6) is -0.604. The summed E-state index contributed by atoms with van der Waals surface area (Å²) in [6.07, 6.45) is 1.54. The number of aromatic nitrogens is 1. The Balaban J connectivity index is 1.58. The molecule has 3 aromatic carbocycles. The maximum Gasteiger partial charge on any atom is 0.264 e. The Bertz CT molecular complexity index is 1650. The van der Waals surface area contributed by atoms with E-state index < -0.39 is 22.5 Å². The van der Waals surface area contributed by atoms with Crippen molar-refractivity contribution in [1.29, 1.82) is 0 Å². The van der Waals surface area contributed by atoms with Gasteiger partial charge in [-0.3, -0.25) is 9.10 Å². The smallest absolute Gasteiger partial charge is 0.264 e. The van der Waals surface area contributed by atoms with Crippen LogP contribution in [-0.4, -0.2) is 31.7 Å². The second-order valence-electron chi connectivity index (χ2n) is 9.19. The van der Waals surface area contributed by atoms with Crippen LogP contribution in [0.3, 0.4) is 0 Å². The third kappa shape index (κ3) is 6.36. The molecule has 4 rings (SSSR count). The fourth-order valence-corrected chi connectivity index (χ4v) is 6.00. The van der Waals surface area contributed by atoms with E-state index in [0.717, 1.165) is 32.5 Å². The lowest BCUT2D eigenvalue weighted by atomic mass is 10.2. The van der Waals surface area contributed by atoms with Gasteiger partial charge < -0.3 is 4.57 Å². The van der Waals surface area contributed by atoms with Gasteiger partial charge in [0.1, 0.15) is 6.54 Å². The minimum atomic E-state index is -4.08. The van der Waals surface area contributed by atoms with Crippen LogP contribution >= 0.6 is 23.2 Å². The summed E-state index contributed by atoms with van der Waals surface area (Å²) in [5, 5.41) is 5.12. The van der Waals surface area contributed by atoms with Crippen LogP contribution in [0.25, 0.3) is 5.69 Å². The van der Waals surface area contributed by atoms with Gasteiger partial charge in [0.2, 0.25) is 0 Å². The van der Waals surface area contributed by atoms with Crippen molar-refractivity contribution in [2.75, 3.05) is 10.8 Å². The number of amides is 1. The highest BCUT2D eigenvalue weighted by Gasteiger charge is 2.28. The number of nitrogens with zero attached hydrogens (tertiary/aromatic N) is 3. The molecular weight excluding hydrogens is 555 g/mol. The first-order valence-corrected chi connectivity index (χ1v) is 14.3.